The molecule has 1 aromatic carbocycles. The molecule has 0 bridgehead atoms. The summed E-state index contributed by atoms with van der Waals surface area (Å²) in [6.07, 6.45) is 2.64. The third kappa shape index (κ3) is 5.73. The topological polar surface area (TPSA) is 58.4 Å². The van der Waals surface area contributed by atoms with Crippen LogP contribution < -0.4 is 11.1 Å². The number of nitrogen functional groups attached to an aromatic ring is 1. The lowest BCUT2D eigenvalue weighted by atomic mass is 10.1. The lowest BCUT2D eigenvalue weighted by Crippen LogP contribution is -2.32. The van der Waals surface area contributed by atoms with Crippen LogP contribution in [0.2, 0.25) is 10.0 Å². The monoisotopic (exact) mass is 331 g/mol. The molecule has 118 valence electrons. The fourth-order valence-electron chi connectivity index (χ4n) is 2.06. The SMILES string of the molecule is CCCC(C)N(C)CCC(=O)Nc1c(N)cc(Cl)cc1Cl. The maximum absolute atomic E-state index is 12.0. The Labute approximate surface area is 136 Å². The van der Waals surface area contributed by atoms with E-state index in [1.54, 1.807) is 12.1 Å². The number of rotatable bonds is 7. The predicted octanol–water partition coefficient (Wildman–Crippen LogP) is 4.02. The summed E-state index contributed by atoms with van der Waals surface area (Å²) in [4.78, 5) is 14.2. The molecule has 0 radical (unpaired) electrons. The van der Waals surface area contributed by atoms with Crippen molar-refractivity contribution in [3.8, 4) is 0 Å². The van der Waals surface area contributed by atoms with Gasteiger partial charge in [-0.15, -0.1) is 0 Å². The van der Waals surface area contributed by atoms with E-state index in [1.807, 2.05) is 7.05 Å². The van der Waals surface area contributed by atoms with Crippen molar-refractivity contribution in [1.82, 2.24) is 4.90 Å². The molecule has 1 unspecified atom stereocenters. The lowest BCUT2D eigenvalue weighted by molar-refractivity contribution is -0.116. The lowest BCUT2D eigenvalue weighted by Gasteiger charge is -2.24. The second-order valence-corrected chi connectivity index (χ2v) is 6.11. The Morgan fingerprint density at radius 3 is 2.67 bits per heavy atom. The molecular formula is C15H23Cl2N3O. The molecule has 0 aliphatic heterocycles. The summed E-state index contributed by atoms with van der Waals surface area (Å²) in [5, 5.41) is 3.55. The quantitative estimate of drug-likeness (QED) is 0.741. The Hall–Kier alpha value is -0.970. The van der Waals surface area contributed by atoms with Crippen LogP contribution in [0.5, 0.6) is 0 Å². The van der Waals surface area contributed by atoms with Gasteiger partial charge >= 0.3 is 0 Å². The maximum Gasteiger partial charge on any atom is 0.225 e. The zero-order valence-corrected chi connectivity index (χ0v) is 14.3. The average Bonchev–Trinajstić information content (AvgIpc) is 2.40. The molecule has 3 N–H and O–H groups in total. The number of carbonyl (C=O) groups excluding carboxylic acids is 1. The Morgan fingerprint density at radius 1 is 1.43 bits per heavy atom. The van der Waals surface area contributed by atoms with Crippen LogP contribution >= 0.6 is 23.2 Å². The number of carbonyl (C=O) groups is 1. The van der Waals surface area contributed by atoms with E-state index < -0.39 is 0 Å². The smallest absolute Gasteiger partial charge is 0.225 e. The van der Waals surface area contributed by atoms with Gasteiger partial charge in [-0.2, -0.15) is 0 Å². The van der Waals surface area contributed by atoms with Crippen LogP contribution in [0.25, 0.3) is 0 Å². The van der Waals surface area contributed by atoms with Crippen LogP contribution in [0.1, 0.15) is 33.1 Å². The van der Waals surface area contributed by atoms with Crippen LogP contribution in [0.15, 0.2) is 12.1 Å². The van der Waals surface area contributed by atoms with E-state index in [-0.39, 0.29) is 5.91 Å². The standard InChI is InChI=1S/C15H23Cl2N3O/c1-4-5-10(2)20(3)7-6-14(21)19-15-12(17)8-11(16)9-13(15)18/h8-10H,4-7,18H2,1-3H3,(H,19,21). The summed E-state index contributed by atoms with van der Waals surface area (Å²) in [5.74, 6) is -0.110. The van der Waals surface area contributed by atoms with Gasteiger partial charge in [0.15, 0.2) is 0 Å². The molecule has 0 heterocycles. The normalized spacial score (nSPS) is 12.5. The van der Waals surface area contributed by atoms with Crippen molar-refractivity contribution in [1.29, 1.82) is 0 Å². The first-order valence-corrected chi connectivity index (χ1v) is 7.85. The number of hydrogen-bond acceptors (Lipinski definition) is 3. The molecular weight excluding hydrogens is 309 g/mol. The fraction of sp³-hybridized carbons (Fsp3) is 0.533. The molecule has 1 aromatic rings. The number of hydrogen-bond donors (Lipinski definition) is 2. The molecule has 0 spiro atoms. The number of nitrogens with two attached hydrogens (primary N) is 1. The molecule has 6 heteroatoms. The van der Waals surface area contributed by atoms with Crippen molar-refractivity contribution < 1.29 is 4.79 Å². The van der Waals surface area contributed by atoms with Gasteiger partial charge in [-0.05, 0) is 32.5 Å². The first-order chi connectivity index (χ1) is 9.85. The van der Waals surface area contributed by atoms with Crippen molar-refractivity contribution in [2.75, 3.05) is 24.6 Å². The summed E-state index contributed by atoms with van der Waals surface area (Å²) in [5.41, 5.74) is 6.62. The van der Waals surface area contributed by atoms with Gasteiger partial charge < -0.3 is 16.0 Å². The molecule has 1 rings (SSSR count). The van der Waals surface area contributed by atoms with Crippen LogP contribution in [0.3, 0.4) is 0 Å². The highest BCUT2D eigenvalue weighted by atomic mass is 35.5. The van der Waals surface area contributed by atoms with Crippen molar-refractivity contribution in [3.63, 3.8) is 0 Å². The zero-order chi connectivity index (χ0) is 16.0. The number of anilines is 2. The van der Waals surface area contributed by atoms with Crippen LogP contribution in [-0.4, -0.2) is 30.4 Å². The molecule has 0 aliphatic carbocycles. The van der Waals surface area contributed by atoms with Gasteiger partial charge in [0.05, 0.1) is 16.4 Å². The second-order valence-electron chi connectivity index (χ2n) is 5.27. The molecule has 0 saturated carbocycles. The molecule has 1 atom stereocenters. The average molecular weight is 332 g/mol. The van der Waals surface area contributed by atoms with Crippen LogP contribution in [0.4, 0.5) is 11.4 Å². The zero-order valence-electron chi connectivity index (χ0n) is 12.7. The summed E-state index contributed by atoms with van der Waals surface area (Å²) in [6, 6.07) is 3.59. The van der Waals surface area contributed by atoms with E-state index in [1.165, 1.54) is 0 Å². The van der Waals surface area contributed by atoms with E-state index in [9.17, 15) is 4.79 Å². The van der Waals surface area contributed by atoms with Gasteiger partial charge in [-0.25, -0.2) is 0 Å². The number of halogens is 2. The van der Waals surface area contributed by atoms with E-state index in [2.05, 4.69) is 24.1 Å². The summed E-state index contributed by atoms with van der Waals surface area (Å²) in [7, 11) is 2.03. The van der Waals surface area contributed by atoms with E-state index in [0.29, 0.717) is 40.4 Å². The van der Waals surface area contributed by atoms with E-state index in [4.69, 9.17) is 28.9 Å². The number of benzene rings is 1. The molecule has 21 heavy (non-hydrogen) atoms. The number of nitrogens with zero attached hydrogens (tertiary/aromatic N) is 1. The molecule has 4 nitrogen and oxygen atoms in total. The Morgan fingerprint density at radius 2 is 2.10 bits per heavy atom. The minimum Gasteiger partial charge on any atom is -0.397 e. The van der Waals surface area contributed by atoms with Crippen molar-refractivity contribution in [2.24, 2.45) is 0 Å². The minimum atomic E-state index is -0.110. The number of amides is 1. The summed E-state index contributed by atoms with van der Waals surface area (Å²) >= 11 is 11.9. The molecule has 0 aliphatic rings. The highest BCUT2D eigenvalue weighted by Crippen LogP contribution is 2.32. The highest BCUT2D eigenvalue weighted by molar-refractivity contribution is 6.37. The third-order valence-electron chi connectivity index (χ3n) is 3.50. The second kappa shape index (κ2) is 8.47. The Bertz CT molecular complexity index is 471. The van der Waals surface area contributed by atoms with Gasteiger partial charge in [0.1, 0.15) is 0 Å². The van der Waals surface area contributed by atoms with E-state index >= 15 is 0 Å². The van der Waals surface area contributed by atoms with Gasteiger partial charge in [0.2, 0.25) is 5.91 Å². The molecule has 0 fully saturated rings. The predicted molar refractivity (Wildman–Crippen MR) is 91.1 cm³/mol. The Balaban J connectivity index is 2.55. The van der Waals surface area contributed by atoms with Crippen molar-refractivity contribution in [3.05, 3.63) is 22.2 Å². The van der Waals surface area contributed by atoms with Crippen molar-refractivity contribution in [2.45, 2.75) is 39.2 Å². The highest BCUT2D eigenvalue weighted by Gasteiger charge is 2.13. The summed E-state index contributed by atoms with van der Waals surface area (Å²) < 4.78 is 0. The van der Waals surface area contributed by atoms with Gasteiger partial charge in [-0.3, -0.25) is 4.79 Å². The van der Waals surface area contributed by atoms with Gasteiger partial charge in [0, 0.05) is 24.0 Å². The third-order valence-corrected chi connectivity index (χ3v) is 4.02. The van der Waals surface area contributed by atoms with Crippen molar-refractivity contribution >= 4 is 40.5 Å². The van der Waals surface area contributed by atoms with E-state index in [0.717, 1.165) is 12.8 Å². The number of nitrogens with one attached hydrogen (secondary N) is 1. The minimum absolute atomic E-state index is 0.110. The molecule has 0 aromatic heterocycles. The molecule has 0 saturated heterocycles. The summed E-state index contributed by atoms with van der Waals surface area (Å²) in [6.45, 7) is 5.01. The maximum atomic E-state index is 12.0. The largest absolute Gasteiger partial charge is 0.397 e. The van der Waals surface area contributed by atoms with Gasteiger partial charge in [0.25, 0.3) is 0 Å². The van der Waals surface area contributed by atoms with Crippen LogP contribution in [-0.2, 0) is 4.79 Å². The first kappa shape index (κ1) is 18.1. The fourth-order valence-corrected chi connectivity index (χ4v) is 2.62. The van der Waals surface area contributed by atoms with Crippen LogP contribution in [0, 0.1) is 0 Å². The first-order valence-electron chi connectivity index (χ1n) is 7.09. The molecule has 1 amide bonds. The Kier molecular flexibility index (Phi) is 7.29. The van der Waals surface area contributed by atoms with Gasteiger partial charge in [-0.1, -0.05) is 36.5 Å².